The summed E-state index contributed by atoms with van der Waals surface area (Å²) in [5, 5.41) is 17.3. The van der Waals surface area contributed by atoms with Gasteiger partial charge in [-0.1, -0.05) is 29.8 Å². The first-order valence-electron chi connectivity index (χ1n) is 14.7. The molecule has 242 valence electrons. The van der Waals surface area contributed by atoms with Crippen LogP contribution in [0.5, 0.6) is 28.7 Å². The van der Waals surface area contributed by atoms with Crippen LogP contribution in [-0.4, -0.2) is 28.9 Å². The van der Waals surface area contributed by atoms with Gasteiger partial charge in [-0.15, -0.1) is 0 Å². The molecule has 0 aliphatic heterocycles. The molecule has 0 bridgehead atoms. The van der Waals surface area contributed by atoms with E-state index in [9.17, 15) is 18.4 Å². The number of hydrogen-bond acceptors (Lipinski definition) is 6. The number of aromatic hydroxyl groups is 2. The fourth-order valence-corrected chi connectivity index (χ4v) is 4.15. The van der Waals surface area contributed by atoms with Crippen molar-refractivity contribution in [3.8, 4) is 28.7 Å². The van der Waals surface area contributed by atoms with Gasteiger partial charge in [0.1, 0.15) is 40.4 Å². The Morgan fingerprint density at radius 2 is 0.750 bits per heavy atom. The maximum atomic E-state index is 12.6. The standard InChI is InChI=1S/C21H18O3.C13H8F2O.C6H6O2/c1-15-3-5-16(6-4-15)21(22)17-7-9-19(10-8-17)24-20-13-11-18(23-2)12-14-20;14-11-5-1-9(2-6-11)13(16)10-3-7-12(15)8-4-10;7-5-1-2-6(8)4-3-5/h3-14H,1-2H3;1-8H;1-4,7-8H. The minimum absolute atomic E-state index is 0.00555. The summed E-state index contributed by atoms with van der Waals surface area (Å²) in [5.74, 6) is 1.48. The number of hydrogen-bond donors (Lipinski definition) is 2. The first-order chi connectivity index (χ1) is 23.1. The summed E-state index contributed by atoms with van der Waals surface area (Å²) in [6.07, 6.45) is 0. The van der Waals surface area contributed by atoms with E-state index in [-0.39, 0.29) is 23.1 Å². The third-order valence-electron chi connectivity index (χ3n) is 6.79. The van der Waals surface area contributed by atoms with Crippen LogP contribution in [0.25, 0.3) is 0 Å². The van der Waals surface area contributed by atoms with Crippen LogP contribution in [0.1, 0.15) is 37.4 Å². The van der Waals surface area contributed by atoms with E-state index in [2.05, 4.69) is 0 Å². The number of phenols is 2. The Labute approximate surface area is 277 Å². The molecular formula is C40H32F2O6. The maximum absolute atomic E-state index is 12.6. The quantitative estimate of drug-likeness (QED) is 0.133. The molecule has 48 heavy (non-hydrogen) atoms. The molecule has 0 unspecified atom stereocenters. The zero-order valence-electron chi connectivity index (χ0n) is 26.1. The smallest absolute Gasteiger partial charge is 0.193 e. The lowest BCUT2D eigenvalue weighted by atomic mass is 10.0. The topological polar surface area (TPSA) is 93.1 Å². The van der Waals surface area contributed by atoms with E-state index in [1.807, 2.05) is 55.5 Å². The summed E-state index contributed by atoms with van der Waals surface area (Å²) < 4.78 is 36.2. The van der Waals surface area contributed by atoms with Gasteiger partial charge in [-0.05, 0) is 128 Å². The number of rotatable bonds is 7. The van der Waals surface area contributed by atoms with Gasteiger partial charge in [-0.25, -0.2) is 8.78 Å². The van der Waals surface area contributed by atoms with Crippen molar-refractivity contribution in [2.75, 3.05) is 7.11 Å². The van der Waals surface area contributed by atoms with Gasteiger partial charge in [0, 0.05) is 22.3 Å². The van der Waals surface area contributed by atoms with E-state index in [4.69, 9.17) is 19.7 Å². The molecule has 0 aromatic heterocycles. The van der Waals surface area contributed by atoms with Gasteiger partial charge in [0.05, 0.1) is 7.11 Å². The zero-order chi connectivity index (χ0) is 34.5. The molecule has 6 nitrogen and oxygen atoms in total. The molecule has 6 aromatic carbocycles. The first kappa shape index (κ1) is 34.6. The third-order valence-corrected chi connectivity index (χ3v) is 6.79. The fraction of sp³-hybridized carbons (Fsp3) is 0.0500. The van der Waals surface area contributed by atoms with Crippen LogP contribution in [0.3, 0.4) is 0 Å². The predicted molar refractivity (Wildman–Crippen MR) is 180 cm³/mol. The van der Waals surface area contributed by atoms with E-state index < -0.39 is 11.6 Å². The number of carbonyl (C=O) groups excluding carboxylic acids is 2. The van der Waals surface area contributed by atoms with Crippen molar-refractivity contribution in [1.29, 1.82) is 0 Å². The maximum Gasteiger partial charge on any atom is 0.193 e. The average molecular weight is 647 g/mol. The number of carbonyl (C=O) groups is 2. The van der Waals surface area contributed by atoms with E-state index in [1.54, 1.807) is 31.4 Å². The fourth-order valence-electron chi connectivity index (χ4n) is 4.15. The van der Waals surface area contributed by atoms with Crippen LogP contribution in [0, 0.1) is 18.6 Å². The molecule has 0 atom stereocenters. The normalized spacial score (nSPS) is 10.0. The summed E-state index contributed by atoms with van der Waals surface area (Å²) in [4.78, 5) is 24.3. The highest BCUT2D eigenvalue weighted by molar-refractivity contribution is 6.09. The van der Waals surface area contributed by atoms with E-state index in [1.165, 1.54) is 72.8 Å². The Morgan fingerprint density at radius 3 is 1.10 bits per heavy atom. The highest BCUT2D eigenvalue weighted by Gasteiger charge is 2.10. The van der Waals surface area contributed by atoms with Crippen LogP contribution in [0.15, 0.2) is 146 Å². The Kier molecular flexibility index (Phi) is 12.2. The van der Waals surface area contributed by atoms with Crippen LogP contribution in [0.4, 0.5) is 8.78 Å². The molecular weight excluding hydrogens is 614 g/mol. The van der Waals surface area contributed by atoms with Crippen molar-refractivity contribution in [1.82, 2.24) is 0 Å². The average Bonchev–Trinajstić information content (AvgIpc) is 3.11. The number of methoxy groups -OCH3 is 1. The van der Waals surface area contributed by atoms with Crippen LogP contribution in [-0.2, 0) is 0 Å². The van der Waals surface area contributed by atoms with Crippen molar-refractivity contribution >= 4 is 11.6 Å². The second-order valence-electron chi connectivity index (χ2n) is 10.4. The Balaban J connectivity index is 0.000000185. The monoisotopic (exact) mass is 646 g/mol. The van der Waals surface area contributed by atoms with Crippen molar-refractivity contribution < 1.29 is 38.1 Å². The lowest BCUT2D eigenvalue weighted by Gasteiger charge is -2.07. The van der Waals surface area contributed by atoms with Crippen LogP contribution >= 0.6 is 0 Å². The van der Waals surface area contributed by atoms with Gasteiger partial charge in [0.2, 0.25) is 0 Å². The van der Waals surface area contributed by atoms with Gasteiger partial charge in [0.25, 0.3) is 0 Å². The van der Waals surface area contributed by atoms with E-state index in [0.29, 0.717) is 33.8 Å². The Bertz CT molecular complexity index is 1830. The molecule has 8 heteroatoms. The minimum Gasteiger partial charge on any atom is -0.508 e. The molecule has 0 radical (unpaired) electrons. The van der Waals surface area contributed by atoms with Gasteiger partial charge < -0.3 is 19.7 Å². The molecule has 0 fully saturated rings. The molecule has 0 amide bonds. The summed E-state index contributed by atoms with van der Waals surface area (Å²) >= 11 is 0. The molecule has 0 aliphatic carbocycles. The Morgan fingerprint density at radius 1 is 0.458 bits per heavy atom. The van der Waals surface area contributed by atoms with Gasteiger partial charge in [0.15, 0.2) is 11.6 Å². The number of aryl methyl sites for hydroxylation is 1. The van der Waals surface area contributed by atoms with E-state index in [0.717, 1.165) is 11.3 Å². The number of halogens is 2. The highest BCUT2D eigenvalue weighted by atomic mass is 19.1. The lowest BCUT2D eigenvalue weighted by Crippen LogP contribution is -2.01. The van der Waals surface area contributed by atoms with Gasteiger partial charge >= 0.3 is 0 Å². The van der Waals surface area contributed by atoms with Gasteiger partial charge in [-0.3, -0.25) is 9.59 Å². The lowest BCUT2D eigenvalue weighted by molar-refractivity contribution is 0.103. The molecule has 0 heterocycles. The summed E-state index contributed by atoms with van der Waals surface area (Å²) in [6, 6.07) is 38.3. The summed E-state index contributed by atoms with van der Waals surface area (Å²) in [6.45, 7) is 2.00. The number of benzene rings is 6. The predicted octanol–water partition coefficient (Wildman–Crippen LogP) is 9.32. The number of phenolic OH excluding ortho intramolecular Hbond substituents is 2. The summed E-state index contributed by atoms with van der Waals surface area (Å²) in [5.41, 5.74) is 3.22. The SMILES string of the molecule is COc1ccc(Oc2ccc(C(=O)c3ccc(C)cc3)cc2)cc1.O=C(c1ccc(F)cc1)c1ccc(F)cc1.Oc1ccc(O)cc1. The molecule has 6 rings (SSSR count). The van der Waals surface area contributed by atoms with Crippen molar-refractivity contribution in [3.05, 3.63) is 185 Å². The Hall–Kier alpha value is -6.28. The number of ether oxygens (including phenoxy) is 2. The molecule has 0 aliphatic rings. The number of ketones is 2. The second-order valence-corrected chi connectivity index (χ2v) is 10.4. The molecule has 6 aromatic rings. The van der Waals surface area contributed by atoms with Crippen LogP contribution in [0.2, 0.25) is 0 Å². The zero-order valence-corrected chi connectivity index (χ0v) is 26.1. The van der Waals surface area contributed by atoms with Gasteiger partial charge in [-0.2, -0.15) is 0 Å². The van der Waals surface area contributed by atoms with E-state index >= 15 is 0 Å². The minimum atomic E-state index is -0.393. The largest absolute Gasteiger partial charge is 0.508 e. The molecule has 2 N–H and O–H groups in total. The second kappa shape index (κ2) is 16.9. The van der Waals surface area contributed by atoms with Crippen molar-refractivity contribution in [2.24, 2.45) is 0 Å². The molecule has 0 saturated heterocycles. The van der Waals surface area contributed by atoms with Crippen molar-refractivity contribution in [2.45, 2.75) is 6.92 Å². The first-order valence-corrected chi connectivity index (χ1v) is 14.7. The highest BCUT2D eigenvalue weighted by Crippen LogP contribution is 2.24. The van der Waals surface area contributed by atoms with Crippen LogP contribution < -0.4 is 9.47 Å². The molecule has 0 spiro atoms. The summed E-state index contributed by atoms with van der Waals surface area (Å²) in [7, 11) is 1.62. The van der Waals surface area contributed by atoms with Crippen molar-refractivity contribution in [3.63, 3.8) is 0 Å². The molecule has 0 saturated carbocycles. The third kappa shape index (κ3) is 10.4.